The van der Waals surface area contributed by atoms with Crippen molar-refractivity contribution < 1.29 is 8.42 Å². The number of nitrogens with zero attached hydrogens (tertiary/aromatic N) is 3. The molecule has 166 valence electrons. The minimum Gasteiger partial charge on any atom is -0.298 e. The maximum Gasteiger partial charge on any atom is 0.244 e. The molecule has 0 aliphatic carbocycles. The number of sulfonamides is 1. The third-order valence-electron chi connectivity index (χ3n) is 5.99. The van der Waals surface area contributed by atoms with E-state index in [2.05, 4.69) is 36.9 Å². The molecule has 1 fully saturated rings. The van der Waals surface area contributed by atoms with Gasteiger partial charge in [-0.05, 0) is 62.1 Å². The molecule has 2 aromatic carbocycles. The van der Waals surface area contributed by atoms with E-state index in [-0.39, 0.29) is 4.90 Å². The smallest absolute Gasteiger partial charge is 0.244 e. The summed E-state index contributed by atoms with van der Waals surface area (Å²) in [6.07, 6.45) is 2.15. The Morgan fingerprint density at radius 1 is 1.00 bits per heavy atom. The van der Waals surface area contributed by atoms with Crippen LogP contribution in [0.1, 0.15) is 43.4 Å². The first-order valence-electron chi connectivity index (χ1n) is 10.8. The monoisotopic (exact) mass is 457 g/mol. The second-order valence-electron chi connectivity index (χ2n) is 8.05. The molecule has 3 rings (SSSR count). The Kier molecular flexibility index (Phi) is 7.82. The van der Waals surface area contributed by atoms with Gasteiger partial charge in [0.2, 0.25) is 10.0 Å². The summed E-state index contributed by atoms with van der Waals surface area (Å²) in [4.78, 5) is 4.31. The number of rotatable bonds is 7. The molecule has 2 aromatic rings. The Morgan fingerprint density at radius 3 is 2.29 bits per heavy atom. The summed E-state index contributed by atoms with van der Waals surface area (Å²) in [6.45, 7) is 10.8. The molecule has 1 aliphatic rings. The van der Waals surface area contributed by atoms with Gasteiger partial charge in [0.1, 0.15) is 0 Å². The van der Waals surface area contributed by atoms with Crippen LogP contribution in [-0.4, -0.2) is 49.8 Å². The van der Waals surface area contributed by atoms with Crippen molar-refractivity contribution in [2.45, 2.75) is 61.3 Å². The van der Waals surface area contributed by atoms with Gasteiger partial charge in [-0.3, -0.25) is 4.90 Å². The van der Waals surface area contributed by atoms with Gasteiger partial charge in [0.25, 0.3) is 0 Å². The van der Waals surface area contributed by atoms with Crippen molar-refractivity contribution in [3.05, 3.63) is 53.1 Å². The van der Waals surface area contributed by atoms with Crippen LogP contribution in [0.25, 0.3) is 0 Å². The fourth-order valence-corrected chi connectivity index (χ4v) is 7.02. The lowest BCUT2D eigenvalue weighted by Crippen LogP contribution is -2.51. The predicted octanol–water partition coefficient (Wildman–Crippen LogP) is 4.82. The van der Waals surface area contributed by atoms with Gasteiger partial charge >= 0.3 is 0 Å². The molecule has 1 heterocycles. The summed E-state index contributed by atoms with van der Waals surface area (Å²) in [7, 11) is -3.70. The summed E-state index contributed by atoms with van der Waals surface area (Å²) in [6, 6.07) is 13.7. The minimum atomic E-state index is -3.70. The van der Waals surface area contributed by atoms with Crippen LogP contribution >= 0.6 is 11.8 Å². The molecular weight excluding hydrogens is 426 g/mol. The SMILES string of the molecule is CCC(CC)N1CCN(S(=O)(=O)c2cc(C#N)ccc2Sc2cc(C)ccc2C)CC1. The third-order valence-corrected chi connectivity index (χ3v) is 9.29. The van der Waals surface area contributed by atoms with Crippen LogP contribution in [-0.2, 0) is 10.0 Å². The molecule has 0 atom stereocenters. The van der Waals surface area contributed by atoms with E-state index in [1.807, 2.05) is 19.9 Å². The highest BCUT2D eigenvalue weighted by Gasteiger charge is 2.32. The van der Waals surface area contributed by atoms with Crippen molar-refractivity contribution >= 4 is 21.8 Å². The van der Waals surface area contributed by atoms with Gasteiger partial charge in [-0.2, -0.15) is 9.57 Å². The molecule has 0 bridgehead atoms. The van der Waals surface area contributed by atoms with Gasteiger partial charge in [-0.15, -0.1) is 0 Å². The fraction of sp³-hybridized carbons (Fsp3) is 0.458. The highest BCUT2D eigenvalue weighted by Crippen LogP contribution is 2.37. The summed E-state index contributed by atoms with van der Waals surface area (Å²) < 4.78 is 28.8. The lowest BCUT2D eigenvalue weighted by atomic mass is 10.1. The summed E-state index contributed by atoms with van der Waals surface area (Å²) in [5.41, 5.74) is 2.59. The Hall–Kier alpha value is -1.85. The van der Waals surface area contributed by atoms with E-state index in [4.69, 9.17) is 0 Å². The fourth-order valence-electron chi connectivity index (χ4n) is 4.05. The molecule has 0 aromatic heterocycles. The molecule has 0 saturated carbocycles. The molecular formula is C24H31N3O2S2. The maximum absolute atomic E-state index is 13.6. The molecule has 0 radical (unpaired) electrons. The largest absolute Gasteiger partial charge is 0.298 e. The molecule has 0 unspecified atom stereocenters. The Morgan fingerprint density at radius 2 is 1.68 bits per heavy atom. The normalized spacial score (nSPS) is 15.9. The van der Waals surface area contributed by atoms with E-state index in [9.17, 15) is 13.7 Å². The molecule has 1 aliphatic heterocycles. The lowest BCUT2D eigenvalue weighted by molar-refractivity contribution is 0.130. The number of hydrogen-bond acceptors (Lipinski definition) is 5. The van der Waals surface area contributed by atoms with E-state index < -0.39 is 10.0 Å². The second-order valence-corrected chi connectivity index (χ2v) is 11.0. The Bertz CT molecular complexity index is 1060. The molecule has 0 spiro atoms. The lowest BCUT2D eigenvalue weighted by Gasteiger charge is -2.38. The van der Waals surface area contributed by atoms with Gasteiger partial charge < -0.3 is 0 Å². The zero-order valence-electron chi connectivity index (χ0n) is 18.8. The van der Waals surface area contributed by atoms with Crippen molar-refractivity contribution in [3.8, 4) is 6.07 Å². The molecule has 5 nitrogen and oxygen atoms in total. The van der Waals surface area contributed by atoms with E-state index in [1.54, 1.807) is 16.4 Å². The van der Waals surface area contributed by atoms with Crippen LogP contribution in [0.15, 0.2) is 51.1 Å². The first-order chi connectivity index (χ1) is 14.8. The second kappa shape index (κ2) is 10.2. The van der Waals surface area contributed by atoms with Gasteiger partial charge in [0, 0.05) is 42.0 Å². The molecule has 1 saturated heterocycles. The number of nitriles is 1. The standard InChI is InChI=1S/C24H31N3O2S2/c1-5-21(6-2)26-11-13-27(14-12-26)31(28,29)24-16-20(17-25)9-10-22(24)30-23-15-18(3)7-8-19(23)4/h7-10,15-16,21H,5-6,11-14H2,1-4H3. The van der Waals surface area contributed by atoms with Crippen LogP contribution in [0, 0.1) is 25.2 Å². The predicted molar refractivity (Wildman–Crippen MR) is 126 cm³/mol. The Balaban J connectivity index is 1.92. The minimum absolute atomic E-state index is 0.230. The topological polar surface area (TPSA) is 64.4 Å². The van der Waals surface area contributed by atoms with Crippen LogP contribution < -0.4 is 0 Å². The quantitative estimate of drug-likeness (QED) is 0.596. The number of aryl methyl sites for hydroxylation is 2. The van der Waals surface area contributed by atoms with Gasteiger partial charge in [0.15, 0.2) is 0 Å². The number of benzene rings is 2. The van der Waals surface area contributed by atoms with Crippen molar-refractivity contribution in [2.24, 2.45) is 0 Å². The average molecular weight is 458 g/mol. The molecule has 31 heavy (non-hydrogen) atoms. The first kappa shape index (κ1) is 23.8. The zero-order chi connectivity index (χ0) is 22.6. The van der Waals surface area contributed by atoms with Gasteiger partial charge in [-0.1, -0.05) is 37.7 Å². The third kappa shape index (κ3) is 5.32. The summed E-state index contributed by atoms with van der Waals surface area (Å²) in [5, 5.41) is 9.38. The van der Waals surface area contributed by atoms with Crippen molar-refractivity contribution in [2.75, 3.05) is 26.2 Å². The van der Waals surface area contributed by atoms with Crippen LogP contribution in [0.4, 0.5) is 0 Å². The summed E-state index contributed by atoms with van der Waals surface area (Å²) in [5.74, 6) is 0. The van der Waals surface area contributed by atoms with Crippen LogP contribution in [0.5, 0.6) is 0 Å². The first-order valence-corrected chi connectivity index (χ1v) is 13.1. The van der Waals surface area contributed by atoms with Gasteiger partial charge in [0.05, 0.1) is 16.5 Å². The van der Waals surface area contributed by atoms with Crippen molar-refractivity contribution in [3.63, 3.8) is 0 Å². The van der Waals surface area contributed by atoms with Crippen LogP contribution in [0.3, 0.4) is 0 Å². The van der Waals surface area contributed by atoms with E-state index >= 15 is 0 Å². The Labute approximate surface area is 191 Å². The highest BCUT2D eigenvalue weighted by molar-refractivity contribution is 8.00. The number of hydrogen-bond donors (Lipinski definition) is 0. The van der Waals surface area contributed by atoms with E-state index in [1.165, 1.54) is 17.8 Å². The molecule has 0 amide bonds. The molecule has 0 N–H and O–H groups in total. The summed E-state index contributed by atoms with van der Waals surface area (Å²) >= 11 is 1.45. The zero-order valence-corrected chi connectivity index (χ0v) is 20.4. The molecule has 7 heteroatoms. The van der Waals surface area contributed by atoms with E-state index in [0.29, 0.717) is 29.6 Å². The number of piperazine rings is 1. The van der Waals surface area contributed by atoms with Crippen molar-refractivity contribution in [1.29, 1.82) is 5.26 Å². The van der Waals surface area contributed by atoms with Gasteiger partial charge in [-0.25, -0.2) is 8.42 Å². The average Bonchev–Trinajstić information content (AvgIpc) is 2.77. The highest BCUT2D eigenvalue weighted by atomic mass is 32.2. The van der Waals surface area contributed by atoms with Crippen LogP contribution in [0.2, 0.25) is 0 Å². The van der Waals surface area contributed by atoms with Crippen molar-refractivity contribution in [1.82, 2.24) is 9.21 Å². The maximum atomic E-state index is 13.6. The van der Waals surface area contributed by atoms with E-state index in [0.717, 1.165) is 42.0 Å².